The third-order valence-corrected chi connectivity index (χ3v) is 5.64. The van der Waals surface area contributed by atoms with Crippen LogP contribution < -0.4 is 11.2 Å². The van der Waals surface area contributed by atoms with E-state index in [2.05, 4.69) is 35.8 Å². The molecule has 4 aromatic rings. The highest BCUT2D eigenvalue weighted by Gasteiger charge is 2.24. The number of carbonyl (C=O) groups excluding carboxylic acids is 1. The van der Waals surface area contributed by atoms with Crippen LogP contribution in [0, 0.1) is 10.1 Å². The Morgan fingerprint density at radius 3 is 2.74 bits per heavy atom. The molecule has 1 amide bonds. The van der Waals surface area contributed by atoms with Crippen molar-refractivity contribution in [1.29, 1.82) is 0 Å². The maximum Gasteiger partial charge on any atom is 0.293 e. The predicted molar refractivity (Wildman–Crippen MR) is 123 cm³/mol. The van der Waals surface area contributed by atoms with Crippen LogP contribution in [0.25, 0.3) is 5.82 Å². The number of nitrogen functional groups attached to an aromatic ring is 1. The van der Waals surface area contributed by atoms with E-state index in [4.69, 9.17) is 17.3 Å². The van der Waals surface area contributed by atoms with Gasteiger partial charge in [-0.25, -0.2) is 10.1 Å². The summed E-state index contributed by atoms with van der Waals surface area (Å²) in [7, 11) is 0. The number of halogens is 1. The van der Waals surface area contributed by atoms with Gasteiger partial charge in [0.05, 0.1) is 22.4 Å². The third kappa shape index (κ3) is 5.02. The summed E-state index contributed by atoms with van der Waals surface area (Å²) in [5.41, 5.74) is 8.45. The lowest BCUT2D eigenvalue weighted by Crippen LogP contribution is -2.20. The Morgan fingerprint density at radius 1 is 1.26 bits per heavy atom. The molecule has 4 rings (SSSR count). The minimum absolute atomic E-state index is 0.0380. The van der Waals surface area contributed by atoms with Crippen molar-refractivity contribution in [3.63, 3.8) is 0 Å². The molecule has 3 N–H and O–H groups in total. The minimum Gasteiger partial charge on any atom is -0.378 e. The van der Waals surface area contributed by atoms with E-state index in [0.717, 1.165) is 4.90 Å². The lowest BCUT2D eigenvalue weighted by atomic mass is 10.2. The summed E-state index contributed by atoms with van der Waals surface area (Å²) in [6, 6.07) is 13.1. The molecule has 172 valence electrons. The summed E-state index contributed by atoms with van der Waals surface area (Å²) >= 11 is 7.32. The Morgan fingerprint density at radius 2 is 2.03 bits per heavy atom. The molecule has 0 saturated carbocycles. The van der Waals surface area contributed by atoms with Gasteiger partial charge in [0.1, 0.15) is 0 Å². The molecule has 2 heterocycles. The minimum atomic E-state index is -0.692. The third-order valence-electron chi connectivity index (χ3n) is 4.37. The number of nitrogens with one attached hydrogen (secondary N) is 1. The number of nitro benzene ring substituents is 1. The maximum atomic E-state index is 12.8. The zero-order valence-electron chi connectivity index (χ0n) is 17.0. The van der Waals surface area contributed by atoms with Gasteiger partial charge in [0.2, 0.25) is 11.6 Å². The first kappa shape index (κ1) is 22.9. The second kappa shape index (κ2) is 10.1. The Hall–Kier alpha value is -4.30. The molecule has 15 heteroatoms. The van der Waals surface area contributed by atoms with Crippen LogP contribution in [-0.2, 0) is 5.75 Å². The number of nitrogens with two attached hydrogens (primary N) is 1. The summed E-state index contributed by atoms with van der Waals surface area (Å²) in [4.78, 5) is 24.3. The average molecular weight is 500 g/mol. The first-order valence-corrected chi connectivity index (χ1v) is 10.8. The Bertz CT molecular complexity index is 1370. The number of rotatable bonds is 8. The van der Waals surface area contributed by atoms with Crippen LogP contribution in [0.1, 0.15) is 21.7 Å². The summed E-state index contributed by atoms with van der Waals surface area (Å²) < 4.78 is 5.88. The van der Waals surface area contributed by atoms with Crippen LogP contribution in [0.5, 0.6) is 0 Å². The van der Waals surface area contributed by atoms with E-state index in [0.29, 0.717) is 10.7 Å². The van der Waals surface area contributed by atoms with Gasteiger partial charge in [-0.2, -0.15) is 9.78 Å². The summed E-state index contributed by atoms with van der Waals surface area (Å²) in [6.07, 6.45) is 1.17. The van der Waals surface area contributed by atoms with Gasteiger partial charge in [-0.05, 0) is 40.6 Å². The Balaban J connectivity index is 1.58. The molecule has 0 fully saturated rings. The largest absolute Gasteiger partial charge is 0.378 e. The highest BCUT2D eigenvalue weighted by Crippen LogP contribution is 2.27. The molecule has 0 radical (unpaired) electrons. The first-order chi connectivity index (χ1) is 16.4. The molecule has 0 unspecified atom stereocenters. The van der Waals surface area contributed by atoms with Crippen LogP contribution in [0.3, 0.4) is 0 Å². The molecular formula is C19H14ClN9O4S. The number of hydrogen-bond donors (Lipinski definition) is 2. The summed E-state index contributed by atoms with van der Waals surface area (Å²) in [5, 5.41) is 30.7. The van der Waals surface area contributed by atoms with Gasteiger partial charge in [-0.15, -0.1) is 16.9 Å². The topological polar surface area (TPSA) is 180 Å². The van der Waals surface area contributed by atoms with Crippen molar-refractivity contribution in [3.05, 3.63) is 80.6 Å². The number of carbonyl (C=O) groups is 1. The van der Waals surface area contributed by atoms with Crippen molar-refractivity contribution < 1.29 is 14.3 Å². The van der Waals surface area contributed by atoms with E-state index in [1.54, 1.807) is 18.2 Å². The number of hydrogen-bond acceptors (Lipinski definition) is 11. The Kier molecular flexibility index (Phi) is 6.79. The number of aromatic nitrogens is 5. The fourth-order valence-corrected chi connectivity index (χ4v) is 3.79. The SMILES string of the molecule is Nc1nonc1-n1nnc(C(=O)N/N=C\c2ccccc2[N+](=O)[O-])c1CSc1ccc(Cl)cc1. The summed E-state index contributed by atoms with van der Waals surface area (Å²) in [6.45, 7) is 0. The van der Waals surface area contributed by atoms with Crippen molar-refractivity contribution in [3.8, 4) is 5.82 Å². The number of para-hydroxylation sites is 1. The first-order valence-electron chi connectivity index (χ1n) is 9.42. The van der Waals surface area contributed by atoms with Crippen LogP contribution in [-0.4, -0.2) is 42.4 Å². The van der Waals surface area contributed by atoms with Crippen molar-refractivity contribution in [2.24, 2.45) is 5.10 Å². The number of anilines is 1. The lowest BCUT2D eigenvalue weighted by molar-refractivity contribution is -0.385. The molecule has 0 aliphatic carbocycles. The van der Waals surface area contributed by atoms with Crippen molar-refractivity contribution in [2.75, 3.05) is 5.73 Å². The van der Waals surface area contributed by atoms with E-state index < -0.39 is 10.8 Å². The predicted octanol–water partition coefficient (Wildman–Crippen LogP) is 2.85. The van der Waals surface area contributed by atoms with Crippen LogP contribution in [0.4, 0.5) is 11.5 Å². The zero-order chi connectivity index (χ0) is 24.1. The van der Waals surface area contributed by atoms with Gasteiger partial charge < -0.3 is 5.73 Å². The lowest BCUT2D eigenvalue weighted by Gasteiger charge is -2.06. The number of hydrazone groups is 1. The number of thioether (sulfide) groups is 1. The highest BCUT2D eigenvalue weighted by atomic mass is 35.5. The van der Waals surface area contributed by atoms with Gasteiger partial charge in [-0.1, -0.05) is 28.9 Å². The second-order valence-corrected chi connectivity index (χ2v) is 8.01. The van der Waals surface area contributed by atoms with E-state index in [9.17, 15) is 14.9 Å². The number of benzene rings is 2. The molecule has 34 heavy (non-hydrogen) atoms. The molecule has 0 spiro atoms. The van der Waals surface area contributed by atoms with Crippen molar-refractivity contribution in [2.45, 2.75) is 10.6 Å². The molecule has 2 aromatic carbocycles. The van der Waals surface area contributed by atoms with E-state index >= 15 is 0 Å². The van der Waals surface area contributed by atoms with Crippen molar-refractivity contribution >= 4 is 47.0 Å². The molecule has 2 aromatic heterocycles. The molecule has 0 aliphatic rings. The second-order valence-electron chi connectivity index (χ2n) is 6.53. The Labute approximate surface area is 200 Å². The molecule has 0 bridgehead atoms. The van der Waals surface area contributed by atoms with Gasteiger partial charge in [0.25, 0.3) is 11.6 Å². The van der Waals surface area contributed by atoms with E-state index in [-0.39, 0.29) is 34.3 Å². The number of nitrogens with zero attached hydrogens (tertiary/aromatic N) is 7. The summed E-state index contributed by atoms with van der Waals surface area (Å²) in [5.74, 6) is -0.411. The fraction of sp³-hybridized carbons (Fsp3) is 0.0526. The average Bonchev–Trinajstić information content (AvgIpc) is 3.44. The van der Waals surface area contributed by atoms with E-state index in [1.807, 2.05) is 12.1 Å². The maximum absolute atomic E-state index is 12.8. The molecule has 0 aliphatic heterocycles. The normalized spacial score (nSPS) is 11.1. The van der Waals surface area contributed by atoms with Gasteiger partial charge in [0.15, 0.2) is 5.69 Å². The number of nitro groups is 1. The van der Waals surface area contributed by atoms with Crippen LogP contribution >= 0.6 is 23.4 Å². The fourth-order valence-electron chi connectivity index (χ4n) is 2.77. The monoisotopic (exact) mass is 499 g/mol. The van der Waals surface area contributed by atoms with Gasteiger partial charge >= 0.3 is 0 Å². The molecular weight excluding hydrogens is 486 g/mol. The van der Waals surface area contributed by atoms with Crippen LogP contribution in [0.2, 0.25) is 5.02 Å². The quantitative estimate of drug-likeness (QED) is 0.158. The number of amides is 1. The van der Waals surface area contributed by atoms with Crippen LogP contribution in [0.15, 0.2) is 63.2 Å². The van der Waals surface area contributed by atoms with Gasteiger partial charge in [0, 0.05) is 21.7 Å². The standard InChI is InChI=1S/C19H14ClN9O4S/c20-12-5-7-13(8-6-12)34-10-15-16(23-27-28(15)18-17(21)25-33-26-18)19(30)24-22-9-11-3-1-2-4-14(11)29(31)32/h1-9H,10H2,(H2,21,25)(H,24,30)/b22-9-. The van der Waals surface area contributed by atoms with E-state index in [1.165, 1.54) is 40.9 Å². The van der Waals surface area contributed by atoms with Gasteiger partial charge in [-0.3, -0.25) is 14.9 Å². The molecule has 0 saturated heterocycles. The smallest absolute Gasteiger partial charge is 0.293 e. The zero-order valence-corrected chi connectivity index (χ0v) is 18.6. The molecule has 0 atom stereocenters. The van der Waals surface area contributed by atoms with Crippen molar-refractivity contribution in [1.82, 2.24) is 30.7 Å². The molecule has 13 nitrogen and oxygen atoms in total. The highest BCUT2D eigenvalue weighted by molar-refractivity contribution is 7.98.